The summed E-state index contributed by atoms with van der Waals surface area (Å²) >= 11 is 0. The van der Waals surface area contributed by atoms with E-state index in [-0.39, 0.29) is 17.4 Å². The molecule has 5 N–H and O–H groups in total. The molecule has 228 valence electrons. The largest absolute Gasteiger partial charge is 0.508 e. The predicted octanol–water partition coefficient (Wildman–Crippen LogP) is 6.10. The van der Waals surface area contributed by atoms with Crippen molar-refractivity contribution >= 4 is 23.5 Å². The van der Waals surface area contributed by atoms with Crippen LogP contribution in [0.15, 0.2) is 65.3 Å². The number of nitrogens with one attached hydrogen (secondary N) is 3. The van der Waals surface area contributed by atoms with E-state index in [1.54, 1.807) is 33.2 Å². The average molecular weight is 570 g/mol. The number of phenolic OH excluding ortho intramolecular Hbond substituents is 2. The van der Waals surface area contributed by atoms with Crippen molar-refractivity contribution in [2.45, 2.75) is 48.0 Å². The van der Waals surface area contributed by atoms with Crippen molar-refractivity contribution < 1.29 is 19.7 Å². The molecule has 0 fully saturated rings. The minimum atomic E-state index is 0.00463. The van der Waals surface area contributed by atoms with E-state index in [2.05, 4.69) is 66.3 Å². The molecule has 2 rings (SSSR count). The van der Waals surface area contributed by atoms with E-state index in [9.17, 15) is 4.79 Å². The number of anilines is 1. The molecule has 2 aromatic rings. The van der Waals surface area contributed by atoms with Gasteiger partial charge in [0.2, 0.25) is 5.91 Å². The van der Waals surface area contributed by atoms with E-state index in [1.165, 1.54) is 24.6 Å². The number of rotatable bonds is 9. The van der Waals surface area contributed by atoms with E-state index in [0.717, 1.165) is 42.3 Å². The van der Waals surface area contributed by atoms with Crippen molar-refractivity contribution in [3.63, 3.8) is 0 Å². The molecule has 0 saturated heterocycles. The maximum absolute atomic E-state index is 9.70. The lowest BCUT2D eigenvalue weighted by atomic mass is 10.2. The van der Waals surface area contributed by atoms with Gasteiger partial charge in [-0.15, -0.1) is 0 Å². The molecule has 0 heterocycles. The van der Waals surface area contributed by atoms with Crippen molar-refractivity contribution in [1.82, 2.24) is 10.2 Å². The summed E-state index contributed by atoms with van der Waals surface area (Å²) < 4.78 is 5.77. The Kier molecular flexibility index (Phi) is 21.6. The molecule has 1 amide bonds. The fourth-order valence-corrected chi connectivity index (χ4v) is 2.70. The fourth-order valence-electron chi connectivity index (χ4n) is 2.70. The Balaban J connectivity index is 0. The summed E-state index contributed by atoms with van der Waals surface area (Å²) in [5, 5.41) is 30.7. The van der Waals surface area contributed by atoms with Crippen LogP contribution in [0.3, 0.4) is 0 Å². The first-order valence-corrected chi connectivity index (χ1v) is 13.3. The number of allylic oxidation sites excluding steroid dienone is 3. The summed E-state index contributed by atoms with van der Waals surface area (Å²) in [7, 11) is 7.66. The van der Waals surface area contributed by atoms with Crippen LogP contribution in [0.4, 0.5) is 5.69 Å². The fraction of sp³-hybridized carbons (Fsp3) is 0.406. The summed E-state index contributed by atoms with van der Waals surface area (Å²) in [6, 6.07) is 10.9. The second-order valence-electron chi connectivity index (χ2n) is 9.34. The first-order chi connectivity index (χ1) is 19.2. The molecular weight excluding hydrogens is 518 g/mol. The number of carbonyl (C=O) groups excluding carboxylic acids is 1. The summed E-state index contributed by atoms with van der Waals surface area (Å²) in [6.45, 7) is 16.1. The highest BCUT2D eigenvalue weighted by molar-refractivity contribution is 6.13. The van der Waals surface area contributed by atoms with Crippen LogP contribution in [0, 0.1) is 19.3 Å². The standard InChI is InChI=1S/C13H22N2O.C9H14N2.C7H8O2.C3H7NO/c1-11-6-7-12(14-2)13(10-11)16-9-5-8-15(3)4;1-5-9(8(4)10)6-11-7(2)3;1-5-6(8)3-2-4-7(5)9;1-3(5)4-2/h6-7,10,14H,5,8-9H2,1-4H3;5-6,10H,2H2,1,3-4H3;2-4,8-9H,1H3;1-2H3,(H,4,5)/b;9-5+,10-8?,11-6?;;. The SMILES string of the molecule is C=C(C)N=C/C(=C\C)C(C)=N.CNC(C)=O.CNc1ccc(C)cc1OCCCN(C)C.Cc1c(O)cccc1O. The molecule has 0 aliphatic heterocycles. The van der Waals surface area contributed by atoms with Crippen molar-refractivity contribution in [3.05, 3.63) is 71.5 Å². The molecule has 0 bridgehead atoms. The molecule has 0 radical (unpaired) electrons. The molecule has 0 aromatic heterocycles. The van der Waals surface area contributed by atoms with Crippen LogP contribution < -0.4 is 15.4 Å². The zero-order chi connectivity index (χ0) is 32.0. The summed E-state index contributed by atoms with van der Waals surface area (Å²) in [5.74, 6) is 1.22. The van der Waals surface area contributed by atoms with E-state index in [1.807, 2.05) is 27.0 Å². The van der Waals surface area contributed by atoms with E-state index in [4.69, 9.17) is 20.4 Å². The van der Waals surface area contributed by atoms with Gasteiger partial charge in [-0.1, -0.05) is 24.8 Å². The molecule has 0 unspecified atom stereocenters. The van der Waals surface area contributed by atoms with Crippen LogP contribution in [-0.2, 0) is 4.79 Å². The molecule has 41 heavy (non-hydrogen) atoms. The number of hydrogen-bond donors (Lipinski definition) is 5. The third-order valence-electron chi connectivity index (χ3n) is 5.21. The second kappa shape index (κ2) is 22.7. The average Bonchev–Trinajstić information content (AvgIpc) is 2.91. The van der Waals surface area contributed by atoms with Crippen molar-refractivity contribution in [2.24, 2.45) is 4.99 Å². The van der Waals surface area contributed by atoms with Crippen LogP contribution >= 0.6 is 0 Å². The Morgan fingerprint density at radius 1 is 1.10 bits per heavy atom. The minimum absolute atomic E-state index is 0.00463. The number of aryl methyl sites for hydroxylation is 1. The lowest BCUT2D eigenvalue weighted by Gasteiger charge is -2.13. The van der Waals surface area contributed by atoms with Crippen molar-refractivity contribution in [1.29, 1.82) is 5.41 Å². The van der Waals surface area contributed by atoms with Crippen LogP contribution in [-0.4, -0.2) is 74.3 Å². The number of carbonyl (C=O) groups is 1. The smallest absolute Gasteiger partial charge is 0.216 e. The highest BCUT2D eigenvalue weighted by Gasteiger charge is 2.02. The topological polar surface area (TPSA) is 130 Å². The normalized spacial score (nSPS) is 10.3. The van der Waals surface area contributed by atoms with Crippen LogP contribution in [0.25, 0.3) is 0 Å². The molecule has 0 atom stereocenters. The van der Waals surface area contributed by atoms with E-state index >= 15 is 0 Å². The Hall–Kier alpha value is -4.11. The quantitative estimate of drug-likeness (QED) is 0.183. The Bertz CT molecular complexity index is 1120. The van der Waals surface area contributed by atoms with Gasteiger partial charge < -0.3 is 35.9 Å². The van der Waals surface area contributed by atoms with Gasteiger partial charge in [-0.3, -0.25) is 9.79 Å². The zero-order valence-electron chi connectivity index (χ0n) is 26.6. The number of nitrogens with zero attached hydrogens (tertiary/aromatic N) is 2. The van der Waals surface area contributed by atoms with Gasteiger partial charge in [0, 0.05) is 56.3 Å². The number of amides is 1. The highest BCUT2D eigenvalue weighted by Crippen LogP contribution is 2.25. The van der Waals surface area contributed by atoms with Gasteiger partial charge in [0.25, 0.3) is 0 Å². The zero-order valence-corrected chi connectivity index (χ0v) is 26.6. The monoisotopic (exact) mass is 569 g/mol. The maximum Gasteiger partial charge on any atom is 0.216 e. The van der Waals surface area contributed by atoms with Crippen LogP contribution in [0.1, 0.15) is 45.2 Å². The molecule has 0 aliphatic rings. The molecule has 0 spiro atoms. The Labute approximate surface area is 247 Å². The number of aliphatic imine (C=N–C) groups is 1. The van der Waals surface area contributed by atoms with Crippen molar-refractivity contribution in [3.8, 4) is 17.2 Å². The van der Waals surface area contributed by atoms with E-state index < -0.39 is 0 Å². The van der Waals surface area contributed by atoms with Gasteiger partial charge >= 0.3 is 0 Å². The first kappa shape index (κ1) is 39.0. The van der Waals surface area contributed by atoms with Gasteiger partial charge in [-0.25, -0.2) is 0 Å². The number of benzene rings is 2. The molecule has 2 aromatic carbocycles. The molecular formula is C32H51N5O4. The highest BCUT2D eigenvalue weighted by atomic mass is 16.5. The maximum atomic E-state index is 9.70. The van der Waals surface area contributed by atoms with Gasteiger partial charge in [0.15, 0.2) is 0 Å². The summed E-state index contributed by atoms with van der Waals surface area (Å²) in [5.41, 5.74) is 4.92. The van der Waals surface area contributed by atoms with Gasteiger partial charge in [-0.2, -0.15) is 0 Å². The third kappa shape index (κ3) is 20.5. The van der Waals surface area contributed by atoms with Crippen LogP contribution in [0.2, 0.25) is 0 Å². The molecule has 0 aliphatic carbocycles. The number of ether oxygens (including phenoxy) is 1. The lowest BCUT2D eigenvalue weighted by Crippen LogP contribution is -2.15. The number of aromatic hydroxyl groups is 2. The minimum Gasteiger partial charge on any atom is -0.508 e. The van der Waals surface area contributed by atoms with Gasteiger partial charge in [0.05, 0.1) is 12.3 Å². The summed E-state index contributed by atoms with van der Waals surface area (Å²) in [6.07, 6.45) is 4.56. The van der Waals surface area contributed by atoms with Crippen LogP contribution in [0.5, 0.6) is 17.2 Å². The van der Waals surface area contributed by atoms with Gasteiger partial charge in [-0.05, 0) is 85.0 Å². The van der Waals surface area contributed by atoms with E-state index in [0.29, 0.717) is 11.3 Å². The predicted molar refractivity (Wildman–Crippen MR) is 174 cm³/mol. The molecule has 9 heteroatoms. The number of phenols is 2. The Morgan fingerprint density at radius 2 is 1.66 bits per heavy atom. The number of hydrogen-bond acceptors (Lipinski definition) is 8. The van der Waals surface area contributed by atoms with Gasteiger partial charge in [0.1, 0.15) is 17.2 Å². The lowest BCUT2D eigenvalue weighted by molar-refractivity contribution is -0.118. The second-order valence-corrected chi connectivity index (χ2v) is 9.34. The Morgan fingerprint density at radius 3 is 2.05 bits per heavy atom. The molecule has 0 saturated carbocycles. The summed E-state index contributed by atoms with van der Waals surface area (Å²) in [4.78, 5) is 15.9. The molecule has 9 nitrogen and oxygen atoms in total. The third-order valence-corrected chi connectivity index (χ3v) is 5.21. The first-order valence-electron chi connectivity index (χ1n) is 13.3. The van der Waals surface area contributed by atoms with Crippen molar-refractivity contribution in [2.75, 3.05) is 46.7 Å².